The van der Waals surface area contributed by atoms with E-state index in [9.17, 15) is 14.7 Å². The average molecular weight is 285 g/mol. The van der Waals surface area contributed by atoms with Gasteiger partial charge in [0.05, 0.1) is 5.92 Å². The monoisotopic (exact) mass is 285 g/mol. The van der Waals surface area contributed by atoms with E-state index in [1.165, 1.54) is 0 Å². The van der Waals surface area contributed by atoms with Crippen molar-refractivity contribution in [1.82, 2.24) is 4.90 Å². The van der Waals surface area contributed by atoms with Gasteiger partial charge >= 0.3 is 12.1 Å². The fourth-order valence-electron chi connectivity index (χ4n) is 3.40. The molecule has 20 heavy (non-hydrogen) atoms. The minimum absolute atomic E-state index is 0.373. The minimum atomic E-state index is -0.802. The molecule has 0 saturated carbocycles. The first kappa shape index (κ1) is 16.8. The lowest BCUT2D eigenvalue weighted by Gasteiger charge is -2.51. The van der Waals surface area contributed by atoms with Crippen molar-refractivity contribution in [3.63, 3.8) is 0 Å². The predicted octanol–water partition coefficient (Wildman–Crippen LogP) is 2.99. The van der Waals surface area contributed by atoms with Crippen molar-refractivity contribution in [2.45, 2.75) is 54.1 Å². The van der Waals surface area contributed by atoms with Crippen LogP contribution in [0.5, 0.6) is 0 Å². The Morgan fingerprint density at radius 2 is 1.50 bits per heavy atom. The van der Waals surface area contributed by atoms with Crippen molar-refractivity contribution in [3.05, 3.63) is 0 Å². The van der Waals surface area contributed by atoms with Gasteiger partial charge in [-0.15, -0.1) is 0 Å². The topological polar surface area (TPSA) is 66.8 Å². The van der Waals surface area contributed by atoms with Gasteiger partial charge in [-0.1, -0.05) is 27.7 Å². The Morgan fingerprint density at radius 1 is 1.10 bits per heavy atom. The molecule has 5 nitrogen and oxygen atoms in total. The van der Waals surface area contributed by atoms with Gasteiger partial charge in [-0.25, -0.2) is 4.79 Å². The molecular formula is C15H27NO4. The van der Waals surface area contributed by atoms with Crippen LogP contribution >= 0.6 is 0 Å². The molecule has 1 saturated heterocycles. The van der Waals surface area contributed by atoms with Crippen LogP contribution in [-0.4, -0.2) is 40.8 Å². The maximum Gasteiger partial charge on any atom is 0.410 e. The Labute approximate surface area is 121 Å². The number of carboxylic acid groups (broad SMARTS) is 1. The third-order valence-electron chi connectivity index (χ3n) is 3.66. The van der Waals surface area contributed by atoms with E-state index >= 15 is 0 Å². The summed E-state index contributed by atoms with van der Waals surface area (Å²) in [6.07, 6.45) is -0.373. The number of nitrogens with zero attached hydrogens (tertiary/aromatic N) is 1. The first-order chi connectivity index (χ1) is 8.76. The van der Waals surface area contributed by atoms with Crippen molar-refractivity contribution in [1.29, 1.82) is 0 Å². The quantitative estimate of drug-likeness (QED) is 0.804. The Bertz CT molecular complexity index is 389. The largest absolute Gasteiger partial charge is 0.481 e. The van der Waals surface area contributed by atoms with Crippen molar-refractivity contribution < 1.29 is 19.4 Å². The van der Waals surface area contributed by atoms with Crippen LogP contribution in [0.4, 0.5) is 4.79 Å². The highest BCUT2D eigenvalue weighted by atomic mass is 16.6. The summed E-state index contributed by atoms with van der Waals surface area (Å²) >= 11 is 0. The summed E-state index contributed by atoms with van der Waals surface area (Å²) in [4.78, 5) is 25.4. The number of aliphatic carboxylic acids is 1. The van der Waals surface area contributed by atoms with Gasteiger partial charge in [0.25, 0.3) is 0 Å². The molecule has 0 unspecified atom stereocenters. The fourth-order valence-corrected chi connectivity index (χ4v) is 3.40. The zero-order valence-corrected chi connectivity index (χ0v) is 13.6. The van der Waals surface area contributed by atoms with Crippen LogP contribution in [0.3, 0.4) is 0 Å². The summed E-state index contributed by atoms with van der Waals surface area (Å²) in [6, 6.07) is 0. The zero-order chi connectivity index (χ0) is 15.9. The smallest absolute Gasteiger partial charge is 0.410 e. The van der Waals surface area contributed by atoms with Gasteiger partial charge in [0, 0.05) is 13.1 Å². The van der Waals surface area contributed by atoms with E-state index in [1.54, 1.807) is 4.90 Å². The normalized spacial score (nSPS) is 22.4. The highest BCUT2D eigenvalue weighted by molar-refractivity contribution is 5.74. The standard InChI is InChI=1S/C15H27NO4/c1-13(2,3)20-12(19)16-8-14(4,5)10(11(17)18)15(6,7)9-16/h10H,8-9H2,1-7H3,(H,17,18). The second kappa shape index (κ2) is 4.93. The summed E-state index contributed by atoms with van der Waals surface area (Å²) in [5.74, 6) is -1.29. The predicted molar refractivity (Wildman–Crippen MR) is 76.5 cm³/mol. The molecule has 1 aliphatic rings. The SMILES string of the molecule is CC(C)(C)OC(=O)N1CC(C)(C)C(C(=O)O)C(C)(C)C1. The third-order valence-corrected chi connectivity index (χ3v) is 3.66. The molecule has 116 valence electrons. The van der Waals surface area contributed by atoms with E-state index < -0.39 is 28.3 Å². The number of carboxylic acids is 1. The van der Waals surface area contributed by atoms with Crippen molar-refractivity contribution in [2.24, 2.45) is 16.7 Å². The number of hydrogen-bond acceptors (Lipinski definition) is 3. The van der Waals surface area contributed by atoms with Gasteiger partial charge in [-0.2, -0.15) is 0 Å². The first-order valence-corrected chi connectivity index (χ1v) is 6.97. The van der Waals surface area contributed by atoms with Gasteiger partial charge in [0.15, 0.2) is 0 Å². The number of hydrogen-bond donors (Lipinski definition) is 1. The molecule has 1 rings (SSSR count). The number of amides is 1. The molecule has 0 bridgehead atoms. The molecule has 1 aliphatic heterocycles. The van der Waals surface area contributed by atoms with Crippen LogP contribution in [0.25, 0.3) is 0 Å². The van der Waals surface area contributed by atoms with Gasteiger partial charge in [0.2, 0.25) is 0 Å². The van der Waals surface area contributed by atoms with Crippen LogP contribution in [0.15, 0.2) is 0 Å². The summed E-state index contributed by atoms with van der Waals surface area (Å²) in [7, 11) is 0. The molecule has 0 radical (unpaired) electrons. The molecule has 0 aromatic heterocycles. The van der Waals surface area contributed by atoms with Crippen molar-refractivity contribution >= 4 is 12.1 Å². The molecular weight excluding hydrogens is 258 g/mol. The lowest BCUT2D eigenvalue weighted by atomic mass is 9.62. The Morgan fingerprint density at radius 3 is 1.80 bits per heavy atom. The Balaban J connectivity index is 2.98. The zero-order valence-electron chi connectivity index (χ0n) is 13.6. The molecule has 1 N–H and O–H groups in total. The molecule has 1 amide bonds. The molecule has 5 heteroatoms. The Hall–Kier alpha value is -1.26. The molecule has 0 aliphatic carbocycles. The van der Waals surface area contributed by atoms with Crippen LogP contribution in [0.1, 0.15) is 48.5 Å². The van der Waals surface area contributed by atoms with E-state index in [1.807, 2.05) is 48.5 Å². The molecule has 0 aromatic carbocycles. The van der Waals surface area contributed by atoms with Crippen LogP contribution in [-0.2, 0) is 9.53 Å². The molecule has 1 fully saturated rings. The van der Waals surface area contributed by atoms with Gasteiger partial charge in [-0.3, -0.25) is 4.79 Å². The maximum absolute atomic E-state index is 12.2. The highest BCUT2D eigenvalue weighted by Crippen LogP contribution is 2.46. The van der Waals surface area contributed by atoms with E-state index in [0.717, 1.165) is 0 Å². The summed E-state index contributed by atoms with van der Waals surface area (Å²) in [5, 5.41) is 9.49. The highest BCUT2D eigenvalue weighted by Gasteiger charge is 2.52. The van der Waals surface area contributed by atoms with Gasteiger partial charge in [0.1, 0.15) is 5.60 Å². The summed E-state index contributed by atoms with van der Waals surface area (Å²) < 4.78 is 5.40. The Kier molecular flexibility index (Phi) is 4.14. The second-order valence-electron chi connectivity index (χ2n) is 8.08. The van der Waals surface area contributed by atoms with Crippen LogP contribution in [0.2, 0.25) is 0 Å². The number of piperidine rings is 1. The fraction of sp³-hybridized carbons (Fsp3) is 0.867. The number of carbonyl (C=O) groups excluding carboxylic acids is 1. The van der Waals surface area contributed by atoms with Gasteiger partial charge in [-0.05, 0) is 31.6 Å². The molecule has 0 aromatic rings. The van der Waals surface area contributed by atoms with Crippen molar-refractivity contribution in [2.75, 3.05) is 13.1 Å². The minimum Gasteiger partial charge on any atom is -0.481 e. The summed E-state index contributed by atoms with van der Waals surface area (Å²) in [6.45, 7) is 13.8. The van der Waals surface area contributed by atoms with Gasteiger partial charge < -0.3 is 14.7 Å². The van der Waals surface area contributed by atoms with E-state index in [-0.39, 0.29) is 6.09 Å². The number of ether oxygens (including phenoxy) is 1. The van der Waals surface area contributed by atoms with Crippen LogP contribution < -0.4 is 0 Å². The lowest BCUT2D eigenvalue weighted by Crippen LogP contribution is -2.59. The van der Waals surface area contributed by atoms with E-state index in [2.05, 4.69) is 0 Å². The average Bonchev–Trinajstić information content (AvgIpc) is 2.08. The third kappa shape index (κ3) is 3.64. The second-order valence-corrected chi connectivity index (χ2v) is 8.08. The number of rotatable bonds is 1. The first-order valence-electron chi connectivity index (χ1n) is 6.97. The molecule has 0 atom stereocenters. The van der Waals surface area contributed by atoms with E-state index in [4.69, 9.17) is 4.74 Å². The van der Waals surface area contributed by atoms with E-state index in [0.29, 0.717) is 13.1 Å². The van der Waals surface area contributed by atoms with Crippen LogP contribution in [0, 0.1) is 16.7 Å². The molecule has 1 heterocycles. The lowest BCUT2D eigenvalue weighted by molar-refractivity contribution is -0.158. The summed E-state index contributed by atoms with van der Waals surface area (Å²) in [5.41, 5.74) is -1.54. The number of carbonyl (C=O) groups is 2. The maximum atomic E-state index is 12.2. The number of likely N-dealkylation sites (tertiary alicyclic amines) is 1. The van der Waals surface area contributed by atoms with Crippen molar-refractivity contribution in [3.8, 4) is 0 Å². The molecule has 0 spiro atoms.